The molecule has 1 unspecified atom stereocenters. The molecule has 6 nitrogen and oxygen atoms in total. The van der Waals surface area contributed by atoms with Crippen LogP contribution in [0.4, 0.5) is 0 Å². The summed E-state index contributed by atoms with van der Waals surface area (Å²) < 4.78 is 32.7. The van der Waals surface area contributed by atoms with Crippen LogP contribution in [0.15, 0.2) is 48.1 Å². The molecule has 0 amide bonds. The summed E-state index contributed by atoms with van der Waals surface area (Å²) in [7, 11) is -3.91. The summed E-state index contributed by atoms with van der Waals surface area (Å²) in [6.07, 6.45) is 10.8. The first-order chi connectivity index (χ1) is 22.2. The molecule has 0 bridgehead atoms. The van der Waals surface area contributed by atoms with Crippen molar-refractivity contribution in [3.8, 4) is 5.75 Å². The molecule has 0 aromatic heterocycles. The molecule has 8 atom stereocenters. The molecule has 48 heavy (non-hydrogen) atoms. The fraction of sp³-hybridized carbons (Fsp3) is 0.725. The highest BCUT2D eigenvalue weighted by Gasteiger charge is 2.46. The number of hydrogen-bond acceptors (Lipinski definition) is 6. The lowest BCUT2D eigenvalue weighted by Crippen LogP contribution is -2.49. The molecule has 270 valence electrons. The molecule has 0 radical (unpaired) electrons. The SMILES string of the molecule is Cc1ccccc1OC(C)C(=O)O[C@H]1C[C@H](O[Si](C)(C)C(C)(C)C)C=C2C=C[C@H](C)[C@H](CC[C@@H]3C[C@H](O[Si](C)(C)C(C)(C)C)CCO3)[C@H]21. The van der Waals surface area contributed by atoms with E-state index in [4.69, 9.17) is 23.1 Å². The Kier molecular flexibility index (Phi) is 12.4. The first-order valence-electron chi connectivity index (χ1n) is 18.5. The Labute approximate surface area is 294 Å². The molecule has 0 N–H and O–H groups in total. The van der Waals surface area contributed by atoms with Gasteiger partial charge in [0.15, 0.2) is 22.7 Å². The second-order valence-corrected chi connectivity index (χ2v) is 27.3. The Bertz CT molecular complexity index is 1310. The summed E-state index contributed by atoms with van der Waals surface area (Å²) in [5.41, 5.74) is 2.23. The summed E-state index contributed by atoms with van der Waals surface area (Å²) in [4.78, 5) is 13.7. The van der Waals surface area contributed by atoms with Gasteiger partial charge in [-0.25, -0.2) is 4.79 Å². The summed E-state index contributed by atoms with van der Waals surface area (Å²) in [5, 5.41) is 0.269. The maximum Gasteiger partial charge on any atom is 0.347 e. The van der Waals surface area contributed by atoms with Gasteiger partial charge in [0.25, 0.3) is 0 Å². The largest absolute Gasteiger partial charge is 0.479 e. The van der Waals surface area contributed by atoms with Gasteiger partial charge in [-0.2, -0.15) is 0 Å². The highest BCUT2D eigenvalue weighted by Crippen LogP contribution is 2.47. The maximum absolute atomic E-state index is 13.7. The zero-order valence-electron chi connectivity index (χ0n) is 32.4. The van der Waals surface area contributed by atoms with Crippen molar-refractivity contribution < 1.29 is 27.9 Å². The minimum Gasteiger partial charge on any atom is -0.479 e. The second kappa shape index (κ2) is 15.3. The van der Waals surface area contributed by atoms with Crippen molar-refractivity contribution >= 4 is 22.6 Å². The minimum absolute atomic E-state index is 0.0794. The zero-order chi connectivity index (χ0) is 35.7. The van der Waals surface area contributed by atoms with E-state index in [1.54, 1.807) is 6.92 Å². The monoisotopic (exact) mass is 698 g/mol. The average molecular weight is 699 g/mol. The van der Waals surface area contributed by atoms with Gasteiger partial charge in [-0.1, -0.05) is 84.9 Å². The first kappa shape index (κ1) is 39.1. The predicted molar refractivity (Wildman–Crippen MR) is 201 cm³/mol. The van der Waals surface area contributed by atoms with Crippen LogP contribution in [-0.2, 0) is 23.1 Å². The van der Waals surface area contributed by atoms with Gasteiger partial charge >= 0.3 is 5.97 Å². The number of hydrogen-bond donors (Lipinski definition) is 0. The van der Waals surface area contributed by atoms with Gasteiger partial charge in [-0.3, -0.25) is 0 Å². The molecule has 0 saturated carbocycles. The Morgan fingerprint density at radius 2 is 1.60 bits per heavy atom. The number of carbonyl (C=O) groups is 1. The Morgan fingerprint density at radius 3 is 2.25 bits per heavy atom. The van der Waals surface area contributed by atoms with Gasteiger partial charge < -0.3 is 23.1 Å². The fourth-order valence-corrected chi connectivity index (χ4v) is 9.58. The van der Waals surface area contributed by atoms with E-state index in [-0.39, 0.29) is 46.4 Å². The average Bonchev–Trinajstić information content (AvgIpc) is 2.96. The van der Waals surface area contributed by atoms with Crippen LogP contribution in [-0.4, -0.2) is 59.7 Å². The number of benzene rings is 1. The number of allylic oxidation sites excluding steroid dienone is 2. The van der Waals surface area contributed by atoms with E-state index in [2.05, 4.69) is 92.9 Å². The van der Waals surface area contributed by atoms with E-state index in [1.165, 1.54) is 5.57 Å². The van der Waals surface area contributed by atoms with E-state index in [0.29, 0.717) is 24.0 Å². The van der Waals surface area contributed by atoms with E-state index >= 15 is 0 Å². The van der Waals surface area contributed by atoms with Crippen LogP contribution < -0.4 is 4.74 Å². The van der Waals surface area contributed by atoms with Crippen molar-refractivity contribution in [3.05, 3.63) is 53.6 Å². The molecule has 2 aliphatic carbocycles. The minimum atomic E-state index is -2.06. The highest BCUT2D eigenvalue weighted by molar-refractivity contribution is 6.74. The molecular weight excluding hydrogens is 633 g/mol. The number of aryl methyl sites for hydroxylation is 1. The predicted octanol–water partition coefficient (Wildman–Crippen LogP) is 10.2. The topological polar surface area (TPSA) is 63.2 Å². The number of carbonyl (C=O) groups excluding carboxylic acids is 1. The molecule has 3 aliphatic rings. The van der Waals surface area contributed by atoms with Crippen LogP contribution in [0.2, 0.25) is 36.3 Å². The molecule has 1 aromatic rings. The number of ether oxygens (including phenoxy) is 3. The van der Waals surface area contributed by atoms with Gasteiger partial charge in [-0.05, 0) is 105 Å². The van der Waals surface area contributed by atoms with Crippen molar-refractivity contribution in [3.63, 3.8) is 0 Å². The van der Waals surface area contributed by atoms with Gasteiger partial charge in [0.05, 0.1) is 12.2 Å². The van der Waals surface area contributed by atoms with Crippen LogP contribution in [0.3, 0.4) is 0 Å². The zero-order valence-corrected chi connectivity index (χ0v) is 34.4. The van der Waals surface area contributed by atoms with Crippen molar-refractivity contribution in [1.82, 2.24) is 0 Å². The number of para-hydroxylation sites is 1. The Balaban J connectivity index is 1.53. The normalized spacial score (nSPS) is 29.1. The van der Waals surface area contributed by atoms with E-state index in [1.807, 2.05) is 31.2 Å². The Morgan fingerprint density at radius 1 is 0.958 bits per heavy atom. The molecule has 1 aromatic carbocycles. The standard InChI is InChI=1S/C40H66O6Si2/c1-27-18-19-30-24-33(46-48(12,13)40(7,8)9)26-36(44-38(41)29(3)43-35-17-15-14-16-28(35)2)37(30)34(27)21-20-31-25-32(22-23-42-31)45-47(10,11)39(4,5)6/h14-19,24,27,29,31-34,36-37H,20-23,25-26H2,1-13H3/t27-,29?,31+,32+,33+,34-,36-,37-/m0/s1. The maximum atomic E-state index is 13.7. The summed E-state index contributed by atoms with van der Waals surface area (Å²) in [6.45, 7) is 29.9. The molecule has 1 heterocycles. The molecule has 8 heteroatoms. The fourth-order valence-electron chi connectivity index (χ4n) is 6.90. The third kappa shape index (κ3) is 9.53. The molecule has 0 spiro atoms. The molecular formula is C40H66O6Si2. The molecule has 1 aliphatic heterocycles. The lowest BCUT2D eigenvalue weighted by Gasteiger charge is -2.46. The number of fused-ring (bicyclic) bond motifs is 1. The lowest BCUT2D eigenvalue weighted by atomic mass is 9.66. The number of esters is 1. The third-order valence-corrected chi connectivity index (χ3v) is 21.1. The van der Waals surface area contributed by atoms with Gasteiger partial charge in [0.1, 0.15) is 11.9 Å². The molecule has 4 rings (SSSR count). The van der Waals surface area contributed by atoms with Crippen molar-refractivity contribution in [2.45, 2.75) is 161 Å². The summed E-state index contributed by atoms with van der Waals surface area (Å²) in [5.74, 6) is 1.17. The van der Waals surface area contributed by atoms with Crippen LogP contribution in [0.5, 0.6) is 5.75 Å². The van der Waals surface area contributed by atoms with Gasteiger partial charge in [-0.15, -0.1) is 0 Å². The van der Waals surface area contributed by atoms with E-state index < -0.39 is 22.7 Å². The van der Waals surface area contributed by atoms with E-state index in [0.717, 1.165) is 37.9 Å². The van der Waals surface area contributed by atoms with Crippen LogP contribution in [0, 0.1) is 24.7 Å². The highest BCUT2D eigenvalue weighted by atomic mass is 28.4. The van der Waals surface area contributed by atoms with Crippen LogP contribution in [0.1, 0.15) is 93.1 Å². The van der Waals surface area contributed by atoms with Crippen molar-refractivity contribution in [2.75, 3.05) is 6.61 Å². The smallest absolute Gasteiger partial charge is 0.347 e. The Hall–Kier alpha value is -1.72. The van der Waals surface area contributed by atoms with Gasteiger partial charge in [0, 0.05) is 25.0 Å². The summed E-state index contributed by atoms with van der Waals surface area (Å²) >= 11 is 0. The quantitative estimate of drug-likeness (QED) is 0.169. The third-order valence-electron chi connectivity index (χ3n) is 12.0. The lowest BCUT2D eigenvalue weighted by molar-refractivity contribution is -0.162. The first-order valence-corrected chi connectivity index (χ1v) is 24.3. The van der Waals surface area contributed by atoms with Crippen LogP contribution in [0.25, 0.3) is 0 Å². The molecule has 1 saturated heterocycles. The summed E-state index contributed by atoms with van der Waals surface area (Å²) in [6, 6.07) is 7.80. The number of rotatable bonds is 11. The van der Waals surface area contributed by atoms with Crippen molar-refractivity contribution in [1.29, 1.82) is 0 Å². The van der Waals surface area contributed by atoms with Gasteiger partial charge in [0.2, 0.25) is 0 Å². The van der Waals surface area contributed by atoms with Crippen molar-refractivity contribution in [2.24, 2.45) is 17.8 Å². The second-order valence-electron chi connectivity index (χ2n) is 17.8. The van der Waals surface area contributed by atoms with E-state index in [9.17, 15) is 4.79 Å². The van der Waals surface area contributed by atoms with Crippen LogP contribution >= 0.6 is 0 Å². The molecule has 1 fully saturated rings.